The predicted molar refractivity (Wildman–Crippen MR) is 82.5 cm³/mol. The van der Waals surface area contributed by atoms with Gasteiger partial charge in [0.1, 0.15) is 23.9 Å². The molecule has 3 aromatic rings. The summed E-state index contributed by atoms with van der Waals surface area (Å²) in [5.74, 6) is 0.122. The summed E-state index contributed by atoms with van der Waals surface area (Å²) in [5.41, 5.74) is 0.936. The number of H-pyrrole nitrogens is 1. The number of para-hydroxylation sites is 1. The number of aromatic nitrogens is 1. The Bertz CT molecular complexity index is 784. The minimum atomic E-state index is -0.347. The van der Waals surface area contributed by atoms with Gasteiger partial charge in [0.15, 0.2) is 0 Å². The van der Waals surface area contributed by atoms with E-state index in [1.165, 1.54) is 12.1 Å². The van der Waals surface area contributed by atoms with Crippen molar-refractivity contribution in [1.29, 1.82) is 0 Å². The highest BCUT2D eigenvalue weighted by atomic mass is 19.1. The molecule has 1 amide bonds. The standard InChI is InChI=1S/C17H15FN2O2/c18-14-7-4-8-15-13(14)11-16(20-15)17(21)19-9-10-22-12-5-2-1-3-6-12/h1-8,11,20H,9-10H2,(H,19,21). The van der Waals surface area contributed by atoms with Crippen LogP contribution in [0.4, 0.5) is 4.39 Å². The van der Waals surface area contributed by atoms with Crippen LogP contribution in [0.5, 0.6) is 5.75 Å². The average molecular weight is 298 g/mol. The summed E-state index contributed by atoms with van der Waals surface area (Å²) in [6, 6.07) is 15.6. The summed E-state index contributed by atoms with van der Waals surface area (Å²) >= 11 is 0. The zero-order valence-electron chi connectivity index (χ0n) is 11.8. The zero-order valence-corrected chi connectivity index (χ0v) is 11.8. The highest BCUT2D eigenvalue weighted by Gasteiger charge is 2.11. The van der Waals surface area contributed by atoms with Gasteiger partial charge in [-0.15, -0.1) is 0 Å². The lowest BCUT2D eigenvalue weighted by Crippen LogP contribution is -2.28. The summed E-state index contributed by atoms with van der Waals surface area (Å²) in [5, 5.41) is 3.14. The predicted octanol–water partition coefficient (Wildman–Crippen LogP) is 3.12. The van der Waals surface area contributed by atoms with Gasteiger partial charge in [-0.2, -0.15) is 0 Å². The molecule has 0 radical (unpaired) electrons. The van der Waals surface area contributed by atoms with E-state index in [2.05, 4.69) is 10.3 Å². The van der Waals surface area contributed by atoms with Crippen molar-refractivity contribution in [2.45, 2.75) is 0 Å². The fourth-order valence-corrected chi connectivity index (χ4v) is 2.19. The van der Waals surface area contributed by atoms with Crippen LogP contribution < -0.4 is 10.1 Å². The summed E-state index contributed by atoms with van der Waals surface area (Å²) in [6.07, 6.45) is 0. The molecule has 112 valence electrons. The number of aromatic amines is 1. The van der Waals surface area contributed by atoms with Crippen molar-refractivity contribution in [2.75, 3.05) is 13.2 Å². The van der Waals surface area contributed by atoms with Crippen molar-refractivity contribution in [1.82, 2.24) is 10.3 Å². The molecule has 2 N–H and O–H groups in total. The number of hydrogen-bond donors (Lipinski definition) is 2. The van der Waals surface area contributed by atoms with Crippen molar-refractivity contribution in [2.24, 2.45) is 0 Å². The molecule has 0 bridgehead atoms. The highest BCUT2D eigenvalue weighted by Crippen LogP contribution is 2.18. The van der Waals surface area contributed by atoms with Gasteiger partial charge in [0.25, 0.3) is 5.91 Å². The SMILES string of the molecule is O=C(NCCOc1ccccc1)c1cc2c(F)cccc2[nH]1. The van der Waals surface area contributed by atoms with Gasteiger partial charge in [-0.05, 0) is 30.3 Å². The number of rotatable bonds is 5. The molecule has 0 saturated carbocycles. The fraction of sp³-hybridized carbons (Fsp3) is 0.118. The molecule has 3 rings (SSSR count). The van der Waals surface area contributed by atoms with Crippen molar-refractivity contribution in [3.05, 3.63) is 66.1 Å². The summed E-state index contributed by atoms with van der Waals surface area (Å²) < 4.78 is 19.1. The molecule has 4 nitrogen and oxygen atoms in total. The fourth-order valence-electron chi connectivity index (χ4n) is 2.19. The van der Waals surface area contributed by atoms with Gasteiger partial charge in [0, 0.05) is 10.9 Å². The van der Waals surface area contributed by atoms with Crippen LogP contribution in [0.3, 0.4) is 0 Å². The molecule has 0 aliphatic heterocycles. The van der Waals surface area contributed by atoms with Crippen LogP contribution >= 0.6 is 0 Å². The molecular formula is C17H15FN2O2. The highest BCUT2D eigenvalue weighted by molar-refractivity contribution is 5.98. The van der Waals surface area contributed by atoms with E-state index < -0.39 is 0 Å². The molecule has 1 aromatic heterocycles. The molecular weight excluding hydrogens is 283 g/mol. The lowest BCUT2D eigenvalue weighted by Gasteiger charge is -2.06. The van der Waals surface area contributed by atoms with Gasteiger partial charge in [-0.1, -0.05) is 24.3 Å². The van der Waals surface area contributed by atoms with Crippen molar-refractivity contribution in [3.8, 4) is 5.75 Å². The Labute approximate surface area is 126 Å². The number of ether oxygens (including phenoxy) is 1. The van der Waals surface area contributed by atoms with E-state index in [1.54, 1.807) is 12.1 Å². The first-order chi connectivity index (χ1) is 10.7. The summed E-state index contributed by atoms with van der Waals surface area (Å²) in [7, 11) is 0. The largest absolute Gasteiger partial charge is 0.492 e. The third-order valence-electron chi connectivity index (χ3n) is 3.26. The van der Waals surface area contributed by atoms with E-state index >= 15 is 0 Å². The first kappa shape index (κ1) is 14.1. The average Bonchev–Trinajstić information content (AvgIpc) is 2.98. The number of fused-ring (bicyclic) bond motifs is 1. The molecule has 0 unspecified atom stereocenters. The van der Waals surface area contributed by atoms with Crippen LogP contribution in [0.1, 0.15) is 10.5 Å². The number of amides is 1. The minimum absolute atomic E-state index is 0.285. The van der Waals surface area contributed by atoms with Crippen LogP contribution in [-0.4, -0.2) is 24.0 Å². The van der Waals surface area contributed by atoms with Crippen LogP contribution in [-0.2, 0) is 0 Å². The van der Waals surface area contributed by atoms with Gasteiger partial charge < -0.3 is 15.0 Å². The van der Waals surface area contributed by atoms with Crippen LogP contribution in [0.15, 0.2) is 54.6 Å². The van der Waals surface area contributed by atoms with E-state index in [0.717, 1.165) is 5.75 Å². The van der Waals surface area contributed by atoms with Gasteiger partial charge >= 0.3 is 0 Å². The Morgan fingerprint density at radius 2 is 1.95 bits per heavy atom. The van der Waals surface area contributed by atoms with Crippen molar-refractivity contribution >= 4 is 16.8 Å². The lowest BCUT2D eigenvalue weighted by molar-refractivity contribution is 0.0943. The Morgan fingerprint density at radius 1 is 1.14 bits per heavy atom. The van der Waals surface area contributed by atoms with E-state index in [1.807, 2.05) is 30.3 Å². The zero-order chi connectivity index (χ0) is 15.4. The third kappa shape index (κ3) is 3.09. The maximum atomic E-state index is 13.6. The molecule has 0 spiro atoms. The lowest BCUT2D eigenvalue weighted by atomic mass is 10.2. The maximum absolute atomic E-state index is 13.6. The quantitative estimate of drug-likeness (QED) is 0.711. The van der Waals surface area contributed by atoms with E-state index in [4.69, 9.17) is 4.74 Å². The molecule has 0 saturated heterocycles. The first-order valence-electron chi connectivity index (χ1n) is 6.97. The monoisotopic (exact) mass is 298 g/mol. The number of nitrogens with one attached hydrogen (secondary N) is 2. The van der Waals surface area contributed by atoms with Gasteiger partial charge in [-0.3, -0.25) is 4.79 Å². The van der Waals surface area contributed by atoms with Gasteiger partial charge in [0.05, 0.1) is 6.54 Å². The van der Waals surface area contributed by atoms with Crippen LogP contribution in [0.2, 0.25) is 0 Å². The third-order valence-corrected chi connectivity index (χ3v) is 3.26. The van der Waals surface area contributed by atoms with Crippen molar-refractivity contribution < 1.29 is 13.9 Å². The Balaban J connectivity index is 1.56. The number of carbonyl (C=O) groups excluding carboxylic acids is 1. The Hall–Kier alpha value is -2.82. The summed E-state index contributed by atoms with van der Waals surface area (Å²) in [6.45, 7) is 0.732. The molecule has 0 fully saturated rings. The normalized spacial score (nSPS) is 10.6. The Kier molecular flexibility index (Phi) is 4.05. The van der Waals surface area contributed by atoms with E-state index in [9.17, 15) is 9.18 Å². The molecule has 5 heteroatoms. The molecule has 22 heavy (non-hydrogen) atoms. The summed E-state index contributed by atoms with van der Waals surface area (Å²) in [4.78, 5) is 14.9. The van der Waals surface area contributed by atoms with Crippen LogP contribution in [0.25, 0.3) is 10.9 Å². The van der Waals surface area contributed by atoms with Crippen molar-refractivity contribution in [3.63, 3.8) is 0 Å². The first-order valence-corrected chi connectivity index (χ1v) is 6.97. The van der Waals surface area contributed by atoms with E-state index in [0.29, 0.717) is 29.7 Å². The van der Waals surface area contributed by atoms with E-state index in [-0.39, 0.29) is 11.7 Å². The second kappa shape index (κ2) is 6.30. The number of hydrogen-bond acceptors (Lipinski definition) is 2. The smallest absolute Gasteiger partial charge is 0.267 e. The molecule has 0 aliphatic rings. The minimum Gasteiger partial charge on any atom is -0.492 e. The number of carbonyl (C=O) groups is 1. The van der Waals surface area contributed by atoms with Crippen LogP contribution in [0, 0.1) is 5.82 Å². The number of benzene rings is 2. The topological polar surface area (TPSA) is 54.1 Å². The Morgan fingerprint density at radius 3 is 2.73 bits per heavy atom. The maximum Gasteiger partial charge on any atom is 0.267 e. The molecule has 1 heterocycles. The van der Waals surface area contributed by atoms with Gasteiger partial charge in [-0.25, -0.2) is 4.39 Å². The molecule has 0 aliphatic carbocycles. The number of halogens is 1. The van der Waals surface area contributed by atoms with Gasteiger partial charge in [0.2, 0.25) is 0 Å². The molecule has 2 aromatic carbocycles. The second-order valence-electron chi connectivity index (χ2n) is 4.80. The second-order valence-corrected chi connectivity index (χ2v) is 4.80. The molecule has 0 atom stereocenters.